The van der Waals surface area contributed by atoms with Gasteiger partial charge in [0.1, 0.15) is 0 Å². The number of nitrogens with zero attached hydrogens (tertiary/aromatic N) is 1. The Balaban J connectivity index is 2.10. The fourth-order valence-electron chi connectivity index (χ4n) is 1.27. The lowest BCUT2D eigenvalue weighted by Crippen LogP contribution is -2.01. The third kappa shape index (κ3) is 4.39. The predicted molar refractivity (Wildman–Crippen MR) is 53.6 cm³/mol. The van der Waals surface area contributed by atoms with Crippen LogP contribution in [0.2, 0.25) is 0 Å². The van der Waals surface area contributed by atoms with Gasteiger partial charge in [0.25, 0.3) is 0 Å². The molecule has 82 valence electrons. The van der Waals surface area contributed by atoms with Gasteiger partial charge in [-0.2, -0.15) is 0 Å². The standard InChI is InChI=1S/C10H14N2O3/c13-8(10-11-6-7-12-10)4-2-1-3-5-9(14)15/h6-7H,1-5H2,(H,11,12)(H,14,15). The van der Waals surface area contributed by atoms with Crippen molar-refractivity contribution in [3.63, 3.8) is 0 Å². The van der Waals surface area contributed by atoms with Crippen LogP contribution in [0.25, 0.3) is 0 Å². The topological polar surface area (TPSA) is 83.0 Å². The van der Waals surface area contributed by atoms with Gasteiger partial charge in [-0.3, -0.25) is 9.59 Å². The van der Waals surface area contributed by atoms with Crippen LogP contribution in [0.4, 0.5) is 0 Å². The highest BCUT2D eigenvalue weighted by Gasteiger charge is 2.07. The van der Waals surface area contributed by atoms with Crippen LogP contribution in [-0.4, -0.2) is 26.8 Å². The van der Waals surface area contributed by atoms with Gasteiger partial charge in [-0.05, 0) is 12.8 Å². The number of imidazole rings is 1. The molecule has 1 aromatic rings. The molecule has 0 amide bonds. The van der Waals surface area contributed by atoms with E-state index in [1.54, 1.807) is 6.20 Å². The third-order valence-corrected chi connectivity index (χ3v) is 2.06. The van der Waals surface area contributed by atoms with Crippen molar-refractivity contribution in [2.75, 3.05) is 0 Å². The summed E-state index contributed by atoms with van der Waals surface area (Å²) in [5.41, 5.74) is 0. The lowest BCUT2D eigenvalue weighted by atomic mass is 10.1. The highest BCUT2D eigenvalue weighted by atomic mass is 16.4. The van der Waals surface area contributed by atoms with Crippen molar-refractivity contribution >= 4 is 11.8 Å². The van der Waals surface area contributed by atoms with Crippen LogP contribution in [0.1, 0.15) is 42.7 Å². The van der Waals surface area contributed by atoms with Crippen LogP contribution in [0.15, 0.2) is 12.4 Å². The Kier molecular flexibility index (Phi) is 4.53. The monoisotopic (exact) mass is 210 g/mol. The average molecular weight is 210 g/mol. The van der Waals surface area contributed by atoms with E-state index in [1.807, 2.05) is 0 Å². The van der Waals surface area contributed by atoms with Gasteiger partial charge in [-0.15, -0.1) is 0 Å². The molecular weight excluding hydrogens is 196 g/mol. The molecule has 0 aliphatic rings. The van der Waals surface area contributed by atoms with Gasteiger partial charge in [0.15, 0.2) is 11.6 Å². The number of hydrogen-bond acceptors (Lipinski definition) is 3. The van der Waals surface area contributed by atoms with Gasteiger partial charge in [-0.1, -0.05) is 6.42 Å². The van der Waals surface area contributed by atoms with Gasteiger partial charge >= 0.3 is 5.97 Å². The summed E-state index contributed by atoms with van der Waals surface area (Å²) in [6.07, 6.45) is 5.85. The van der Waals surface area contributed by atoms with E-state index in [2.05, 4.69) is 9.97 Å². The van der Waals surface area contributed by atoms with Crippen LogP contribution in [0.5, 0.6) is 0 Å². The first-order valence-electron chi connectivity index (χ1n) is 4.94. The molecule has 0 saturated heterocycles. The molecular formula is C10H14N2O3. The number of nitrogens with one attached hydrogen (secondary N) is 1. The van der Waals surface area contributed by atoms with Gasteiger partial charge in [0.2, 0.25) is 0 Å². The van der Waals surface area contributed by atoms with E-state index in [4.69, 9.17) is 5.11 Å². The highest BCUT2D eigenvalue weighted by Crippen LogP contribution is 2.06. The van der Waals surface area contributed by atoms with Gasteiger partial charge in [-0.25, -0.2) is 4.98 Å². The number of carbonyl (C=O) groups excluding carboxylic acids is 1. The minimum absolute atomic E-state index is 0.0182. The van der Waals surface area contributed by atoms with Crippen molar-refractivity contribution < 1.29 is 14.7 Å². The molecule has 0 bridgehead atoms. The molecule has 5 heteroatoms. The van der Waals surface area contributed by atoms with E-state index in [0.717, 1.165) is 6.42 Å². The number of carboxylic acid groups (broad SMARTS) is 1. The number of aromatic amines is 1. The minimum atomic E-state index is -0.785. The predicted octanol–water partition coefficient (Wildman–Crippen LogP) is 1.63. The summed E-state index contributed by atoms with van der Waals surface area (Å²) in [6, 6.07) is 0. The number of rotatable bonds is 7. The van der Waals surface area contributed by atoms with Gasteiger partial charge < -0.3 is 10.1 Å². The molecule has 0 unspecified atom stereocenters. The molecule has 5 nitrogen and oxygen atoms in total. The number of carboxylic acids is 1. The van der Waals surface area contributed by atoms with Crippen LogP contribution in [0, 0.1) is 0 Å². The molecule has 1 aromatic heterocycles. The Morgan fingerprint density at radius 2 is 2.00 bits per heavy atom. The molecule has 1 heterocycles. The molecule has 0 fully saturated rings. The number of Topliss-reactive ketones (excluding diaryl/α,β-unsaturated/α-hetero) is 1. The number of unbranched alkanes of at least 4 members (excludes halogenated alkanes) is 2. The normalized spacial score (nSPS) is 10.1. The van der Waals surface area contributed by atoms with Crippen molar-refractivity contribution in [3.05, 3.63) is 18.2 Å². The zero-order valence-electron chi connectivity index (χ0n) is 8.40. The van der Waals surface area contributed by atoms with E-state index < -0.39 is 5.97 Å². The number of ketones is 1. The Hall–Kier alpha value is -1.65. The fraction of sp³-hybridized carbons (Fsp3) is 0.500. The Morgan fingerprint density at radius 1 is 1.27 bits per heavy atom. The van der Waals surface area contributed by atoms with E-state index in [9.17, 15) is 9.59 Å². The highest BCUT2D eigenvalue weighted by molar-refractivity contribution is 5.92. The molecule has 0 spiro atoms. The van der Waals surface area contributed by atoms with E-state index >= 15 is 0 Å². The maximum absolute atomic E-state index is 11.4. The molecule has 0 atom stereocenters. The first-order valence-corrected chi connectivity index (χ1v) is 4.94. The van der Waals surface area contributed by atoms with E-state index in [-0.39, 0.29) is 12.2 Å². The van der Waals surface area contributed by atoms with Crippen molar-refractivity contribution in [3.8, 4) is 0 Å². The average Bonchev–Trinajstić information content (AvgIpc) is 2.69. The smallest absolute Gasteiger partial charge is 0.303 e. The molecule has 0 aliphatic carbocycles. The quantitative estimate of drug-likeness (QED) is 0.529. The zero-order chi connectivity index (χ0) is 11.1. The lowest BCUT2D eigenvalue weighted by Gasteiger charge is -1.97. The summed E-state index contributed by atoms with van der Waals surface area (Å²) in [5, 5.41) is 8.39. The van der Waals surface area contributed by atoms with Crippen LogP contribution >= 0.6 is 0 Å². The Labute approximate surface area is 87.5 Å². The van der Waals surface area contributed by atoms with Crippen molar-refractivity contribution in [2.24, 2.45) is 0 Å². The number of aliphatic carboxylic acids is 1. The summed E-state index contributed by atoms with van der Waals surface area (Å²) in [5.74, 6) is -0.420. The molecule has 1 rings (SSSR count). The first-order chi connectivity index (χ1) is 7.20. The number of hydrogen-bond donors (Lipinski definition) is 2. The fourth-order valence-corrected chi connectivity index (χ4v) is 1.27. The van der Waals surface area contributed by atoms with E-state index in [0.29, 0.717) is 25.1 Å². The summed E-state index contributed by atoms with van der Waals surface area (Å²) in [6.45, 7) is 0. The van der Waals surface area contributed by atoms with E-state index in [1.165, 1.54) is 6.20 Å². The van der Waals surface area contributed by atoms with Crippen LogP contribution < -0.4 is 0 Å². The maximum Gasteiger partial charge on any atom is 0.303 e. The molecule has 0 radical (unpaired) electrons. The summed E-state index contributed by atoms with van der Waals surface area (Å²) >= 11 is 0. The number of H-pyrrole nitrogens is 1. The number of carbonyl (C=O) groups is 2. The SMILES string of the molecule is O=C(O)CCCCCC(=O)c1ncc[nH]1. The molecule has 2 N–H and O–H groups in total. The second kappa shape index (κ2) is 5.95. The van der Waals surface area contributed by atoms with Crippen LogP contribution in [0.3, 0.4) is 0 Å². The maximum atomic E-state index is 11.4. The van der Waals surface area contributed by atoms with Gasteiger partial charge in [0.05, 0.1) is 0 Å². The molecule has 0 aromatic carbocycles. The summed E-state index contributed by atoms with van der Waals surface area (Å²) < 4.78 is 0. The van der Waals surface area contributed by atoms with Gasteiger partial charge in [0, 0.05) is 25.2 Å². The molecule has 15 heavy (non-hydrogen) atoms. The lowest BCUT2D eigenvalue weighted by molar-refractivity contribution is -0.137. The zero-order valence-corrected chi connectivity index (χ0v) is 8.40. The van der Waals surface area contributed by atoms with Crippen molar-refractivity contribution in [1.29, 1.82) is 0 Å². The largest absolute Gasteiger partial charge is 0.481 e. The minimum Gasteiger partial charge on any atom is -0.481 e. The first kappa shape index (κ1) is 11.4. The number of aromatic nitrogens is 2. The summed E-state index contributed by atoms with van der Waals surface area (Å²) in [7, 11) is 0. The second-order valence-corrected chi connectivity index (χ2v) is 3.32. The summed E-state index contributed by atoms with van der Waals surface area (Å²) in [4.78, 5) is 28.2. The second-order valence-electron chi connectivity index (χ2n) is 3.32. The Morgan fingerprint density at radius 3 is 2.60 bits per heavy atom. The molecule has 0 saturated carbocycles. The Bertz CT molecular complexity index is 319. The van der Waals surface area contributed by atoms with Crippen LogP contribution in [-0.2, 0) is 4.79 Å². The third-order valence-electron chi connectivity index (χ3n) is 2.06. The van der Waals surface area contributed by atoms with Crippen molar-refractivity contribution in [2.45, 2.75) is 32.1 Å². The molecule has 0 aliphatic heterocycles. The van der Waals surface area contributed by atoms with Crippen molar-refractivity contribution in [1.82, 2.24) is 9.97 Å².